The third-order valence-corrected chi connectivity index (χ3v) is 3.84. The zero-order chi connectivity index (χ0) is 15.9. The van der Waals surface area contributed by atoms with Crippen LogP contribution >= 0.6 is 0 Å². The van der Waals surface area contributed by atoms with Crippen LogP contribution in [0.15, 0.2) is 48.5 Å². The lowest BCUT2D eigenvalue weighted by molar-refractivity contribution is -0.121. The molecule has 1 atom stereocenters. The molecule has 0 spiro atoms. The molecule has 2 nitrogen and oxygen atoms in total. The summed E-state index contributed by atoms with van der Waals surface area (Å²) in [5, 5.41) is 2.96. The molecule has 1 amide bonds. The molecule has 22 heavy (non-hydrogen) atoms. The second-order valence-corrected chi connectivity index (χ2v) is 5.48. The Morgan fingerprint density at radius 3 is 2.45 bits per heavy atom. The molecule has 0 aromatic heterocycles. The zero-order valence-electron chi connectivity index (χ0n) is 13.1. The number of amides is 1. The normalized spacial score (nSPS) is 12.0. The van der Waals surface area contributed by atoms with Crippen molar-refractivity contribution in [1.82, 2.24) is 5.32 Å². The lowest BCUT2D eigenvalue weighted by Crippen LogP contribution is -2.26. The standard InChI is InChI=1S/C19H22FNO/c1-3-15-8-10-16(11-9-15)14(2)21-19(22)13-12-17-6-4-5-7-18(17)20/h4-11,14H,3,12-13H2,1-2H3,(H,21,22)/t14-/m1/s1. The first-order valence-electron chi connectivity index (χ1n) is 7.71. The second-order valence-electron chi connectivity index (χ2n) is 5.48. The summed E-state index contributed by atoms with van der Waals surface area (Å²) in [7, 11) is 0. The average molecular weight is 299 g/mol. The molecule has 0 unspecified atom stereocenters. The van der Waals surface area contributed by atoms with Crippen LogP contribution in [0.2, 0.25) is 0 Å². The number of hydrogen-bond donors (Lipinski definition) is 1. The van der Waals surface area contributed by atoms with Crippen LogP contribution in [-0.4, -0.2) is 5.91 Å². The summed E-state index contributed by atoms with van der Waals surface area (Å²) in [4.78, 5) is 12.0. The lowest BCUT2D eigenvalue weighted by atomic mass is 10.0. The second kappa shape index (κ2) is 7.74. The molecule has 0 heterocycles. The summed E-state index contributed by atoms with van der Waals surface area (Å²) in [5.74, 6) is -0.311. The highest BCUT2D eigenvalue weighted by Gasteiger charge is 2.10. The van der Waals surface area contributed by atoms with E-state index < -0.39 is 0 Å². The molecule has 2 aromatic rings. The van der Waals surface area contributed by atoms with Crippen molar-refractivity contribution in [3.05, 3.63) is 71.0 Å². The van der Waals surface area contributed by atoms with Crippen molar-refractivity contribution >= 4 is 5.91 Å². The maximum atomic E-state index is 13.5. The molecule has 0 saturated heterocycles. The van der Waals surface area contributed by atoms with Gasteiger partial charge in [-0.2, -0.15) is 0 Å². The maximum absolute atomic E-state index is 13.5. The van der Waals surface area contributed by atoms with Crippen LogP contribution in [0.1, 0.15) is 43.0 Å². The Bertz CT molecular complexity index is 622. The SMILES string of the molecule is CCc1ccc([C@@H](C)NC(=O)CCc2ccccc2F)cc1. The van der Waals surface area contributed by atoms with Gasteiger partial charge in [-0.3, -0.25) is 4.79 Å². The predicted molar refractivity (Wildman–Crippen MR) is 87.1 cm³/mol. The van der Waals surface area contributed by atoms with Gasteiger partial charge in [-0.25, -0.2) is 4.39 Å². The molecule has 0 aliphatic rings. The highest BCUT2D eigenvalue weighted by atomic mass is 19.1. The number of halogens is 1. The van der Waals surface area contributed by atoms with E-state index in [2.05, 4.69) is 24.4 Å². The Hall–Kier alpha value is -2.16. The fourth-order valence-electron chi connectivity index (χ4n) is 2.39. The van der Waals surface area contributed by atoms with Gasteiger partial charge in [0, 0.05) is 6.42 Å². The predicted octanol–water partition coefficient (Wildman–Crippen LogP) is 4.20. The molecule has 0 aliphatic carbocycles. The number of rotatable bonds is 6. The highest BCUT2D eigenvalue weighted by molar-refractivity contribution is 5.76. The number of benzene rings is 2. The van der Waals surface area contributed by atoms with E-state index in [-0.39, 0.29) is 24.2 Å². The molecule has 0 fully saturated rings. The minimum Gasteiger partial charge on any atom is -0.350 e. The molecule has 0 radical (unpaired) electrons. The first-order chi connectivity index (χ1) is 10.6. The Balaban J connectivity index is 1.87. The monoisotopic (exact) mass is 299 g/mol. The molecule has 116 valence electrons. The van der Waals surface area contributed by atoms with Gasteiger partial charge in [0.15, 0.2) is 0 Å². The van der Waals surface area contributed by atoms with Crippen molar-refractivity contribution in [2.24, 2.45) is 0 Å². The quantitative estimate of drug-likeness (QED) is 0.851. The van der Waals surface area contributed by atoms with Gasteiger partial charge < -0.3 is 5.32 Å². The van der Waals surface area contributed by atoms with E-state index in [1.807, 2.05) is 19.1 Å². The summed E-state index contributed by atoms with van der Waals surface area (Å²) < 4.78 is 13.5. The third-order valence-electron chi connectivity index (χ3n) is 3.84. The van der Waals surface area contributed by atoms with E-state index in [4.69, 9.17) is 0 Å². The molecule has 2 aromatic carbocycles. The number of hydrogen-bond acceptors (Lipinski definition) is 1. The van der Waals surface area contributed by atoms with E-state index in [1.54, 1.807) is 18.2 Å². The van der Waals surface area contributed by atoms with Crippen LogP contribution in [0, 0.1) is 5.82 Å². The zero-order valence-corrected chi connectivity index (χ0v) is 13.1. The van der Waals surface area contributed by atoms with Crippen LogP contribution in [0.25, 0.3) is 0 Å². The van der Waals surface area contributed by atoms with Gasteiger partial charge >= 0.3 is 0 Å². The largest absolute Gasteiger partial charge is 0.350 e. The third kappa shape index (κ3) is 4.42. The average Bonchev–Trinajstić information content (AvgIpc) is 2.54. The van der Waals surface area contributed by atoms with E-state index in [0.717, 1.165) is 12.0 Å². The van der Waals surface area contributed by atoms with E-state index in [0.29, 0.717) is 12.0 Å². The van der Waals surface area contributed by atoms with Gasteiger partial charge in [0.05, 0.1) is 6.04 Å². The van der Waals surface area contributed by atoms with Crippen molar-refractivity contribution in [2.75, 3.05) is 0 Å². The Labute approximate surface area is 131 Å². The number of carbonyl (C=O) groups is 1. The Morgan fingerprint density at radius 2 is 1.82 bits per heavy atom. The van der Waals surface area contributed by atoms with Crippen LogP contribution in [0.3, 0.4) is 0 Å². The van der Waals surface area contributed by atoms with Crippen molar-refractivity contribution in [1.29, 1.82) is 0 Å². The van der Waals surface area contributed by atoms with Crippen LogP contribution in [0.5, 0.6) is 0 Å². The first-order valence-corrected chi connectivity index (χ1v) is 7.71. The van der Waals surface area contributed by atoms with Crippen LogP contribution in [-0.2, 0) is 17.6 Å². The van der Waals surface area contributed by atoms with Crippen LogP contribution in [0.4, 0.5) is 4.39 Å². The topological polar surface area (TPSA) is 29.1 Å². The minimum absolute atomic E-state index is 0.0426. The maximum Gasteiger partial charge on any atom is 0.220 e. The summed E-state index contributed by atoms with van der Waals surface area (Å²) in [6.07, 6.45) is 1.71. The Morgan fingerprint density at radius 1 is 1.14 bits per heavy atom. The van der Waals surface area contributed by atoms with Crippen LogP contribution < -0.4 is 5.32 Å². The van der Waals surface area contributed by atoms with Gasteiger partial charge in [0.25, 0.3) is 0 Å². The fourth-order valence-corrected chi connectivity index (χ4v) is 2.39. The molecule has 1 N–H and O–H groups in total. The molecule has 0 bridgehead atoms. The summed E-state index contributed by atoms with van der Waals surface area (Å²) in [6, 6.07) is 14.8. The van der Waals surface area contributed by atoms with Crippen molar-refractivity contribution in [3.8, 4) is 0 Å². The van der Waals surface area contributed by atoms with Crippen molar-refractivity contribution < 1.29 is 9.18 Å². The number of nitrogens with one attached hydrogen (secondary N) is 1. The van der Waals surface area contributed by atoms with Gasteiger partial charge in [-0.05, 0) is 42.5 Å². The first kappa shape index (κ1) is 16.2. The summed E-state index contributed by atoms with van der Waals surface area (Å²) >= 11 is 0. The molecular weight excluding hydrogens is 277 g/mol. The lowest BCUT2D eigenvalue weighted by Gasteiger charge is -2.15. The van der Waals surface area contributed by atoms with E-state index >= 15 is 0 Å². The molecule has 0 saturated carbocycles. The summed E-state index contributed by atoms with van der Waals surface area (Å²) in [6.45, 7) is 4.07. The number of aryl methyl sites for hydroxylation is 2. The smallest absolute Gasteiger partial charge is 0.220 e. The molecule has 2 rings (SSSR count). The molecule has 3 heteroatoms. The van der Waals surface area contributed by atoms with Crippen molar-refractivity contribution in [2.45, 2.75) is 39.2 Å². The molecular formula is C19H22FNO. The van der Waals surface area contributed by atoms with E-state index in [1.165, 1.54) is 11.6 Å². The van der Waals surface area contributed by atoms with Gasteiger partial charge in [-0.15, -0.1) is 0 Å². The fraction of sp³-hybridized carbons (Fsp3) is 0.316. The number of carbonyl (C=O) groups excluding carboxylic acids is 1. The molecule has 0 aliphatic heterocycles. The van der Waals surface area contributed by atoms with Gasteiger partial charge in [0.2, 0.25) is 5.91 Å². The highest BCUT2D eigenvalue weighted by Crippen LogP contribution is 2.14. The summed E-state index contributed by atoms with van der Waals surface area (Å²) in [5.41, 5.74) is 2.94. The van der Waals surface area contributed by atoms with Gasteiger partial charge in [-0.1, -0.05) is 49.4 Å². The van der Waals surface area contributed by atoms with Gasteiger partial charge in [0.1, 0.15) is 5.82 Å². The Kier molecular flexibility index (Phi) is 5.70. The van der Waals surface area contributed by atoms with E-state index in [9.17, 15) is 9.18 Å². The minimum atomic E-state index is -0.251. The van der Waals surface area contributed by atoms with Crippen molar-refractivity contribution in [3.63, 3.8) is 0 Å².